The van der Waals surface area contributed by atoms with Gasteiger partial charge >= 0.3 is 0 Å². The normalized spacial score (nSPS) is 22.8. The lowest BCUT2D eigenvalue weighted by Gasteiger charge is -2.17. The number of carbonyl (C=O) groups excluding carboxylic acids is 1. The zero-order valence-corrected chi connectivity index (χ0v) is 8.75. The summed E-state index contributed by atoms with van der Waals surface area (Å²) >= 11 is 0. The minimum Gasteiger partial charge on any atom is -0.374 e. The van der Waals surface area contributed by atoms with Gasteiger partial charge in [0.25, 0.3) is 0 Å². The molecule has 76 valence electrons. The molecule has 0 aromatic carbocycles. The van der Waals surface area contributed by atoms with Crippen LogP contribution in [0.1, 0.15) is 33.6 Å². The molecule has 1 aliphatic rings. The highest BCUT2D eigenvalue weighted by Gasteiger charge is 2.26. The fourth-order valence-electron chi connectivity index (χ4n) is 1.67. The van der Waals surface area contributed by atoms with Crippen molar-refractivity contribution < 1.29 is 9.53 Å². The van der Waals surface area contributed by atoms with E-state index in [9.17, 15) is 4.79 Å². The van der Waals surface area contributed by atoms with Crippen molar-refractivity contribution >= 4 is 5.91 Å². The van der Waals surface area contributed by atoms with E-state index >= 15 is 0 Å². The van der Waals surface area contributed by atoms with Gasteiger partial charge in [-0.2, -0.15) is 0 Å². The van der Waals surface area contributed by atoms with E-state index in [-0.39, 0.29) is 18.1 Å². The summed E-state index contributed by atoms with van der Waals surface area (Å²) in [4.78, 5) is 13.2. The molecule has 0 bridgehead atoms. The van der Waals surface area contributed by atoms with Crippen LogP contribution in [-0.4, -0.2) is 36.1 Å². The number of carbonyl (C=O) groups is 1. The summed E-state index contributed by atoms with van der Waals surface area (Å²) in [7, 11) is 0. The van der Waals surface area contributed by atoms with Crippen molar-refractivity contribution in [3.63, 3.8) is 0 Å². The van der Waals surface area contributed by atoms with Crippen LogP contribution in [0, 0.1) is 0 Å². The molecular weight excluding hydrogens is 166 g/mol. The molecule has 3 nitrogen and oxygen atoms in total. The second-order valence-electron chi connectivity index (χ2n) is 3.79. The van der Waals surface area contributed by atoms with Gasteiger partial charge in [-0.1, -0.05) is 6.92 Å². The maximum Gasteiger partial charge on any atom is 0.222 e. The standard InChI is InChI=1S/C10H19NO2/c1-4-10(12)11-6-5-9(7-11)13-8(2)3/h8-9H,4-7H2,1-3H3/t9-/m0/s1. The van der Waals surface area contributed by atoms with Gasteiger partial charge in [-0.05, 0) is 20.3 Å². The van der Waals surface area contributed by atoms with Crippen LogP contribution in [0.2, 0.25) is 0 Å². The molecule has 1 atom stereocenters. The summed E-state index contributed by atoms with van der Waals surface area (Å²) in [5, 5.41) is 0. The Kier molecular flexibility index (Phi) is 3.72. The average molecular weight is 185 g/mol. The fourth-order valence-corrected chi connectivity index (χ4v) is 1.67. The molecule has 0 radical (unpaired) electrons. The average Bonchev–Trinajstić information content (AvgIpc) is 2.50. The lowest BCUT2D eigenvalue weighted by Crippen LogP contribution is -2.30. The van der Waals surface area contributed by atoms with E-state index in [0.717, 1.165) is 19.5 Å². The highest BCUT2D eigenvalue weighted by molar-refractivity contribution is 5.76. The predicted molar refractivity (Wildman–Crippen MR) is 51.5 cm³/mol. The number of hydrogen-bond donors (Lipinski definition) is 0. The second-order valence-corrected chi connectivity index (χ2v) is 3.79. The molecule has 0 spiro atoms. The summed E-state index contributed by atoms with van der Waals surface area (Å²) in [6.45, 7) is 7.61. The van der Waals surface area contributed by atoms with Gasteiger partial charge in [-0.15, -0.1) is 0 Å². The van der Waals surface area contributed by atoms with Gasteiger partial charge in [-0.3, -0.25) is 4.79 Å². The van der Waals surface area contributed by atoms with Crippen LogP contribution < -0.4 is 0 Å². The Morgan fingerprint density at radius 1 is 1.62 bits per heavy atom. The SMILES string of the molecule is CCC(=O)N1CC[C@H](OC(C)C)C1. The number of hydrogen-bond acceptors (Lipinski definition) is 2. The first-order valence-electron chi connectivity index (χ1n) is 5.06. The second kappa shape index (κ2) is 4.61. The zero-order chi connectivity index (χ0) is 9.84. The van der Waals surface area contributed by atoms with Gasteiger partial charge in [0.2, 0.25) is 5.91 Å². The van der Waals surface area contributed by atoms with E-state index in [1.807, 2.05) is 25.7 Å². The monoisotopic (exact) mass is 185 g/mol. The van der Waals surface area contributed by atoms with E-state index in [2.05, 4.69) is 0 Å². The molecule has 1 amide bonds. The van der Waals surface area contributed by atoms with E-state index in [1.165, 1.54) is 0 Å². The van der Waals surface area contributed by atoms with Gasteiger partial charge in [0, 0.05) is 19.5 Å². The van der Waals surface area contributed by atoms with Gasteiger partial charge in [0.15, 0.2) is 0 Å². The summed E-state index contributed by atoms with van der Waals surface area (Å²) < 4.78 is 5.64. The van der Waals surface area contributed by atoms with Crippen LogP contribution in [0.25, 0.3) is 0 Å². The maximum absolute atomic E-state index is 11.3. The number of amides is 1. The van der Waals surface area contributed by atoms with Crippen LogP contribution in [0.5, 0.6) is 0 Å². The Morgan fingerprint density at radius 3 is 2.85 bits per heavy atom. The third-order valence-electron chi connectivity index (χ3n) is 2.26. The fraction of sp³-hybridized carbons (Fsp3) is 0.900. The van der Waals surface area contributed by atoms with E-state index < -0.39 is 0 Å². The zero-order valence-electron chi connectivity index (χ0n) is 8.75. The van der Waals surface area contributed by atoms with Gasteiger partial charge in [0.05, 0.1) is 12.2 Å². The minimum absolute atomic E-state index is 0.245. The highest BCUT2D eigenvalue weighted by Crippen LogP contribution is 2.14. The first kappa shape index (κ1) is 10.5. The maximum atomic E-state index is 11.3. The smallest absolute Gasteiger partial charge is 0.222 e. The number of nitrogens with zero attached hydrogens (tertiary/aromatic N) is 1. The predicted octanol–water partition coefficient (Wildman–Crippen LogP) is 1.42. The van der Waals surface area contributed by atoms with Crippen molar-refractivity contribution in [3.8, 4) is 0 Å². The molecule has 1 fully saturated rings. The van der Waals surface area contributed by atoms with Crippen molar-refractivity contribution in [1.82, 2.24) is 4.90 Å². The van der Waals surface area contributed by atoms with Crippen LogP contribution in [0.15, 0.2) is 0 Å². The lowest BCUT2D eigenvalue weighted by atomic mass is 10.3. The first-order chi connectivity index (χ1) is 6.13. The molecule has 0 aromatic heterocycles. The molecule has 0 unspecified atom stereocenters. The Labute approximate surface area is 80.1 Å². The van der Waals surface area contributed by atoms with Crippen LogP contribution in [0.4, 0.5) is 0 Å². The minimum atomic E-state index is 0.245. The summed E-state index contributed by atoms with van der Waals surface area (Å²) in [5.74, 6) is 0.245. The summed E-state index contributed by atoms with van der Waals surface area (Å²) in [5.41, 5.74) is 0. The van der Waals surface area contributed by atoms with E-state index in [1.54, 1.807) is 0 Å². The summed E-state index contributed by atoms with van der Waals surface area (Å²) in [6, 6.07) is 0. The Hall–Kier alpha value is -0.570. The van der Waals surface area contributed by atoms with Crippen LogP contribution >= 0.6 is 0 Å². The molecule has 1 rings (SSSR count). The third-order valence-corrected chi connectivity index (χ3v) is 2.26. The highest BCUT2D eigenvalue weighted by atomic mass is 16.5. The Balaban J connectivity index is 2.32. The van der Waals surface area contributed by atoms with Crippen molar-refractivity contribution in [2.75, 3.05) is 13.1 Å². The molecule has 0 N–H and O–H groups in total. The van der Waals surface area contributed by atoms with Gasteiger partial charge in [-0.25, -0.2) is 0 Å². The van der Waals surface area contributed by atoms with E-state index in [0.29, 0.717) is 6.42 Å². The molecule has 1 saturated heterocycles. The molecule has 0 aromatic rings. The van der Waals surface area contributed by atoms with Crippen LogP contribution in [0.3, 0.4) is 0 Å². The van der Waals surface area contributed by atoms with Crippen molar-refractivity contribution in [1.29, 1.82) is 0 Å². The molecular formula is C10H19NO2. The van der Waals surface area contributed by atoms with Crippen molar-refractivity contribution in [3.05, 3.63) is 0 Å². The first-order valence-corrected chi connectivity index (χ1v) is 5.06. The Morgan fingerprint density at radius 2 is 2.31 bits per heavy atom. The molecule has 0 aliphatic carbocycles. The Bertz CT molecular complexity index is 180. The molecule has 3 heteroatoms. The third kappa shape index (κ3) is 2.99. The molecule has 1 heterocycles. The van der Waals surface area contributed by atoms with Gasteiger partial charge < -0.3 is 9.64 Å². The van der Waals surface area contributed by atoms with Crippen molar-refractivity contribution in [2.24, 2.45) is 0 Å². The van der Waals surface area contributed by atoms with E-state index in [4.69, 9.17) is 4.74 Å². The van der Waals surface area contributed by atoms with Crippen molar-refractivity contribution in [2.45, 2.75) is 45.8 Å². The number of likely N-dealkylation sites (tertiary alicyclic amines) is 1. The summed E-state index contributed by atoms with van der Waals surface area (Å²) in [6.07, 6.45) is 2.12. The quantitative estimate of drug-likeness (QED) is 0.665. The van der Waals surface area contributed by atoms with Gasteiger partial charge in [0.1, 0.15) is 0 Å². The number of ether oxygens (including phenoxy) is 1. The lowest BCUT2D eigenvalue weighted by molar-refractivity contribution is -0.130. The van der Waals surface area contributed by atoms with Crippen LogP contribution in [-0.2, 0) is 9.53 Å². The molecule has 0 saturated carbocycles. The molecule has 1 aliphatic heterocycles. The largest absolute Gasteiger partial charge is 0.374 e. The topological polar surface area (TPSA) is 29.5 Å². The molecule has 13 heavy (non-hydrogen) atoms. The number of rotatable bonds is 3.